The predicted molar refractivity (Wildman–Crippen MR) is 126 cm³/mol. The molecule has 4 rings (SSSR count). The van der Waals surface area contributed by atoms with Crippen LogP contribution in [0.5, 0.6) is 0 Å². The van der Waals surface area contributed by atoms with Gasteiger partial charge in [-0.2, -0.15) is 8.78 Å². The molecule has 0 fully saturated rings. The smallest absolute Gasteiger partial charge is 0.328 e. The fourth-order valence-corrected chi connectivity index (χ4v) is 3.64. The second-order valence-electron chi connectivity index (χ2n) is 7.93. The van der Waals surface area contributed by atoms with Crippen LogP contribution >= 0.6 is 0 Å². The molecule has 2 aromatic carbocycles. The molecule has 0 aliphatic heterocycles. The summed E-state index contributed by atoms with van der Waals surface area (Å²) in [6.45, 7) is 1.47. The first-order valence-corrected chi connectivity index (χ1v) is 10.7. The molecule has 2 heterocycles. The fraction of sp³-hybridized carbons (Fsp3) is 0.200. The minimum absolute atomic E-state index is 0.215. The lowest BCUT2D eigenvalue weighted by atomic mass is 10.1. The van der Waals surface area contributed by atoms with E-state index in [1.54, 1.807) is 49.6 Å². The van der Waals surface area contributed by atoms with E-state index in [1.165, 1.54) is 6.20 Å². The van der Waals surface area contributed by atoms with Crippen LogP contribution in [0.3, 0.4) is 0 Å². The van der Waals surface area contributed by atoms with Crippen molar-refractivity contribution >= 4 is 22.5 Å². The molecule has 0 saturated heterocycles. The Hall–Kier alpha value is -4.14. The van der Waals surface area contributed by atoms with Gasteiger partial charge in [-0.1, -0.05) is 54.6 Å². The van der Waals surface area contributed by atoms with E-state index in [9.17, 15) is 18.4 Å². The number of anilines is 1. The highest BCUT2D eigenvalue weighted by atomic mass is 19.3. The van der Waals surface area contributed by atoms with Crippen LogP contribution in [-0.4, -0.2) is 26.5 Å². The molecule has 0 bridgehead atoms. The highest BCUT2D eigenvalue weighted by Crippen LogP contribution is 2.21. The lowest BCUT2D eigenvalue weighted by molar-refractivity contribution is -0.121. The van der Waals surface area contributed by atoms with Crippen molar-refractivity contribution in [2.75, 3.05) is 5.32 Å². The van der Waals surface area contributed by atoms with Gasteiger partial charge in [0.25, 0.3) is 5.56 Å². The number of rotatable bonds is 8. The summed E-state index contributed by atoms with van der Waals surface area (Å²) in [7, 11) is 0. The van der Waals surface area contributed by atoms with Gasteiger partial charge in [-0.05, 0) is 23.4 Å². The van der Waals surface area contributed by atoms with E-state index >= 15 is 0 Å². The van der Waals surface area contributed by atoms with Gasteiger partial charge in [0, 0.05) is 36.2 Å². The molecule has 1 amide bonds. The Morgan fingerprint density at radius 2 is 1.76 bits per heavy atom. The van der Waals surface area contributed by atoms with Gasteiger partial charge in [-0.25, -0.2) is 4.98 Å². The second kappa shape index (κ2) is 9.78. The third-order valence-corrected chi connectivity index (χ3v) is 5.35. The largest absolute Gasteiger partial charge is 0.350 e. The maximum absolute atomic E-state index is 14.5. The number of nitrogens with zero attached hydrogens (tertiary/aromatic N) is 3. The van der Waals surface area contributed by atoms with Gasteiger partial charge in [0.2, 0.25) is 5.91 Å². The minimum atomic E-state index is -3.40. The summed E-state index contributed by atoms with van der Waals surface area (Å²) in [6, 6.07) is 12.5. The van der Waals surface area contributed by atoms with E-state index in [4.69, 9.17) is 0 Å². The number of nitrogens with one attached hydrogen (secondary N) is 2. The maximum Gasteiger partial charge on any atom is 0.328 e. The number of carbonyl (C=O) groups excluding carboxylic acids is 1. The van der Waals surface area contributed by atoms with Crippen molar-refractivity contribution in [1.82, 2.24) is 19.9 Å². The van der Waals surface area contributed by atoms with Crippen LogP contribution in [0.25, 0.3) is 10.8 Å². The third kappa shape index (κ3) is 5.43. The molecular weight excluding hydrogens is 440 g/mol. The van der Waals surface area contributed by atoms with Gasteiger partial charge in [0.05, 0.1) is 6.42 Å². The summed E-state index contributed by atoms with van der Waals surface area (Å²) in [5.41, 5.74) is 0.821. The summed E-state index contributed by atoms with van der Waals surface area (Å²) in [5.74, 6) is -0.955. The first-order valence-electron chi connectivity index (χ1n) is 10.7. The van der Waals surface area contributed by atoms with E-state index < -0.39 is 29.8 Å². The zero-order chi connectivity index (χ0) is 24.1. The van der Waals surface area contributed by atoms with Crippen molar-refractivity contribution in [2.24, 2.45) is 0 Å². The average Bonchev–Trinajstić information content (AvgIpc) is 2.82. The Kier molecular flexibility index (Phi) is 6.62. The van der Waals surface area contributed by atoms with Gasteiger partial charge >= 0.3 is 6.05 Å². The Morgan fingerprint density at radius 3 is 2.56 bits per heavy atom. The number of fused-ring (bicyclic) bond motifs is 1. The number of pyridine rings is 1. The summed E-state index contributed by atoms with van der Waals surface area (Å²) in [4.78, 5) is 33.4. The molecule has 2 aromatic heterocycles. The Balaban J connectivity index is 1.46. The first-order chi connectivity index (χ1) is 16.3. The van der Waals surface area contributed by atoms with Crippen LogP contribution in [0.2, 0.25) is 0 Å². The molecule has 9 heteroatoms. The van der Waals surface area contributed by atoms with E-state index in [-0.39, 0.29) is 13.1 Å². The fourth-order valence-electron chi connectivity index (χ4n) is 3.64. The number of aryl methyl sites for hydroxylation is 1. The van der Waals surface area contributed by atoms with Gasteiger partial charge in [0.1, 0.15) is 6.54 Å². The predicted octanol–water partition coefficient (Wildman–Crippen LogP) is 3.66. The number of hydrogen-bond acceptors (Lipinski definition) is 5. The molecule has 0 spiro atoms. The van der Waals surface area contributed by atoms with Crippen molar-refractivity contribution < 1.29 is 13.6 Å². The highest BCUT2D eigenvalue weighted by Gasteiger charge is 2.31. The quantitative estimate of drug-likeness (QED) is 0.390. The number of alkyl halides is 2. The number of hydrogen-bond donors (Lipinski definition) is 2. The van der Waals surface area contributed by atoms with Crippen molar-refractivity contribution in [2.45, 2.75) is 32.5 Å². The molecule has 174 valence electrons. The topological polar surface area (TPSA) is 88.9 Å². The number of amides is 1. The minimum Gasteiger partial charge on any atom is -0.350 e. The monoisotopic (exact) mass is 463 g/mol. The molecule has 4 aromatic rings. The molecule has 0 aliphatic rings. The van der Waals surface area contributed by atoms with Crippen LogP contribution in [0, 0.1) is 6.92 Å². The van der Waals surface area contributed by atoms with Crippen molar-refractivity contribution in [3.8, 4) is 0 Å². The van der Waals surface area contributed by atoms with E-state index in [0.717, 1.165) is 20.9 Å². The number of halogens is 2. The highest BCUT2D eigenvalue weighted by molar-refractivity contribution is 5.85. The molecule has 0 saturated carbocycles. The van der Waals surface area contributed by atoms with Crippen LogP contribution in [-0.2, 0) is 24.3 Å². The van der Waals surface area contributed by atoms with E-state index in [2.05, 4.69) is 15.3 Å². The van der Waals surface area contributed by atoms with Gasteiger partial charge < -0.3 is 10.6 Å². The molecule has 0 aliphatic carbocycles. The molecule has 2 N–H and O–H groups in total. The Morgan fingerprint density at radius 1 is 1.03 bits per heavy atom. The summed E-state index contributed by atoms with van der Waals surface area (Å²) in [5, 5.41) is 6.61. The van der Waals surface area contributed by atoms with Crippen molar-refractivity contribution in [3.05, 3.63) is 100 Å². The van der Waals surface area contributed by atoms with Gasteiger partial charge in [-0.15, -0.1) is 0 Å². The lowest BCUT2D eigenvalue weighted by Crippen LogP contribution is -2.38. The van der Waals surface area contributed by atoms with Crippen molar-refractivity contribution in [1.29, 1.82) is 0 Å². The van der Waals surface area contributed by atoms with E-state index in [1.807, 2.05) is 29.6 Å². The zero-order valence-electron chi connectivity index (χ0n) is 18.5. The van der Waals surface area contributed by atoms with Crippen LogP contribution in [0.15, 0.2) is 78.0 Å². The normalized spacial score (nSPS) is 11.4. The summed E-state index contributed by atoms with van der Waals surface area (Å²) < 4.78 is 30.2. The van der Waals surface area contributed by atoms with Crippen LogP contribution in [0.4, 0.5) is 14.6 Å². The van der Waals surface area contributed by atoms with Gasteiger partial charge in [-0.3, -0.25) is 19.1 Å². The SMILES string of the molecule is Cc1cnc(NC(F)(F)Cc2ccccc2)c(=O)n1CC(=O)NCc1cncc2ccccc12. The van der Waals surface area contributed by atoms with Gasteiger partial charge in [0.15, 0.2) is 5.82 Å². The Labute approximate surface area is 194 Å². The number of benzene rings is 2. The molecule has 0 atom stereocenters. The molecular formula is C25H23F2N5O2. The molecule has 0 unspecified atom stereocenters. The maximum atomic E-state index is 14.5. The molecule has 0 radical (unpaired) electrons. The molecule has 34 heavy (non-hydrogen) atoms. The van der Waals surface area contributed by atoms with Crippen molar-refractivity contribution in [3.63, 3.8) is 0 Å². The zero-order valence-corrected chi connectivity index (χ0v) is 18.5. The first kappa shape index (κ1) is 23.0. The third-order valence-electron chi connectivity index (χ3n) is 5.35. The second-order valence-corrected chi connectivity index (χ2v) is 7.93. The van der Waals surface area contributed by atoms with Crippen LogP contribution in [0.1, 0.15) is 16.8 Å². The number of aromatic nitrogens is 3. The summed E-state index contributed by atoms with van der Waals surface area (Å²) >= 11 is 0. The summed E-state index contributed by atoms with van der Waals surface area (Å²) in [6.07, 6.45) is 4.08. The van der Waals surface area contributed by atoms with Crippen LogP contribution < -0.4 is 16.2 Å². The lowest BCUT2D eigenvalue weighted by Gasteiger charge is -2.19. The average molecular weight is 463 g/mol. The standard InChI is InChI=1S/C25H23F2N5O2/c1-17-12-30-23(31-25(26,27)11-18-7-3-2-4-8-18)24(34)32(17)16-22(33)29-15-20-14-28-13-19-9-5-6-10-21(19)20/h2-10,12-14H,11,15-16H2,1H3,(H,29,33)(H,30,31). The molecule has 7 nitrogen and oxygen atoms in total. The Bertz CT molecular complexity index is 1370. The van der Waals surface area contributed by atoms with E-state index in [0.29, 0.717) is 11.3 Å². The number of carbonyl (C=O) groups is 1.